The highest BCUT2D eigenvalue weighted by Gasteiger charge is 2.19. The summed E-state index contributed by atoms with van der Waals surface area (Å²) >= 11 is 0. The van der Waals surface area contributed by atoms with E-state index >= 15 is 0 Å². The van der Waals surface area contributed by atoms with Crippen molar-refractivity contribution in [1.82, 2.24) is 0 Å². The summed E-state index contributed by atoms with van der Waals surface area (Å²) in [6, 6.07) is 14.6. The average Bonchev–Trinajstić information content (AvgIpc) is 2.78. The highest BCUT2D eigenvalue weighted by Crippen LogP contribution is 2.38. The molecule has 2 nitrogen and oxygen atoms in total. The van der Waals surface area contributed by atoms with Crippen molar-refractivity contribution < 1.29 is 4.79 Å². The van der Waals surface area contributed by atoms with Crippen LogP contribution in [0, 0.1) is 0 Å². The van der Waals surface area contributed by atoms with E-state index in [1.165, 1.54) is 22.3 Å². The van der Waals surface area contributed by atoms with Gasteiger partial charge in [-0.1, -0.05) is 42.5 Å². The van der Waals surface area contributed by atoms with Crippen molar-refractivity contribution in [3.05, 3.63) is 64.7 Å². The van der Waals surface area contributed by atoms with E-state index in [-0.39, 0.29) is 5.91 Å². The van der Waals surface area contributed by atoms with E-state index in [1.807, 2.05) is 18.2 Å². The number of primary amides is 1. The van der Waals surface area contributed by atoms with Gasteiger partial charge in [-0.3, -0.25) is 4.79 Å². The van der Waals surface area contributed by atoms with Crippen LogP contribution in [-0.4, -0.2) is 5.91 Å². The van der Waals surface area contributed by atoms with Gasteiger partial charge >= 0.3 is 0 Å². The fourth-order valence-corrected chi connectivity index (χ4v) is 2.62. The average molecular weight is 249 g/mol. The van der Waals surface area contributed by atoms with E-state index in [0.717, 1.165) is 12.0 Å². The van der Waals surface area contributed by atoms with Gasteiger partial charge in [0.1, 0.15) is 0 Å². The summed E-state index contributed by atoms with van der Waals surface area (Å²) in [5, 5.41) is 0. The molecule has 0 aliphatic heterocycles. The molecule has 3 rings (SSSR count). The van der Waals surface area contributed by atoms with Gasteiger partial charge in [0, 0.05) is 5.57 Å². The topological polar surface area (TPSA) is 43.1 Å². The minimum Gasteiger partial charge on any atom is -0.366 e. The van der Waals surface area contributed by atoms with E-state index in [4.69, 9.17) is 5.73 Å². The van der Waals surface area contributed by atoms with Crippen molar-refractivity contribution in [2.75, 3.05) is 0 Å². The van der Waals surface area contributed by atoms with Crippen LogP contribution in [0.25, 0.3) is 17.2 Å². The Morgan fingerprint density at radius 2 is 1.84 bits per heavy atom. The van der Waals surface area contributed by atoms with Gasteiger partial charge in [0.25, 0.3) is 0 Å². The number of rotatable bonds is 2. The number of benzene rings is 2. The van der Waals surface area contributed by atoms with Gasteiger partial charge in [0.05, 0.1) is 0 Å². The van der Waals surface area contributed by atoms with E-state index in [1.54, 1.807) is 6.92 Å². The number of nitrogens with two attached hydrogens (primary N) is 1. The fraction of sp³-hybridized carbons (Fsp3) is 0.118. The lowest BCUT2D eigenvalue weighted by molar-refractivity contribution is -0.114. The molecule has 2 aromatic rings. The molecule has 0 fully saturated rings. The smallest absolute Gasteiger partial charge is 0.244 e. The van der Waals surface area contributed by atoms with E-state index < -0.39 is 0 Å². The maximum Gasteiger partial charge on any atom is 0.244 e. The maximum atomic E-state index is 11.2. The van der Waals surface area contributed by atoms with Crippen LogP contribution in [0.15, 0.2) is 48.0 Å². The Labute approximate surface area is 112 Å². The van der Waals surface area contributed by atoms with E-state index in [9.17, 15) is 4.79 Å². The van der Waals surface area contributed by atoms with Crippen LogP contribution in [0.1, 0.15) is 23.6 Å². The number of hydrogen-bond acceptors (Lipinski definition) is 1. The van der Waals surface area contributed by atoms with E-state index in [2.05, 4.69) is 30.3 Å². The van der Waals surface area contributed by atoms with Crippen LogP contribution in [0.3, 0.4) is 0 Å². The number of carbonyl (C=O) groups is 1. The number of carbonyl (C=O) groups excluding carboxylic acids is 1. The molecule has 0 radical (unpaired) electrons. The van der Waals surface area contributed by atoms with E-state index in [0.29, 0.717) is 5.57 Å². The Balaban J connectivity index is 2.14. The first-order valence-corrected chi connectivity index (χ1v) is 6.35. The van der Waals surface area contributed by atoms with Crippen LogP contribution < -0.4 is 5.73 Å². The van der Waals surface area contributed by atoms with Crippen molar-refractivity contribution in [2.45, 2.75) is 13.3 Å². The highest BCUT2D eigenvalue weighted by molar-refractivity contribution is 5.96. The Bertz CT molecular complexity index is 698. The molecule has 94 valence electrons. The molecule has 0 aromatic heterocycles. The standard InChI is InChI=1S/C17H15NO/c1-11(17(18)19)9-12-6-4-8-15-14-7-3-2-5-13(14)10-16(12)15/h2-9H,10H2,1H3,(H2,18,19)/b11-9+. The molecule has 1 aliphatic rings. The highest BCUT2D eigenvalue weighted by atomic mass is 16.1. The monoisotopic (exact) mass is 249 g/mol. The second-order valence-corrected chi connectivity index (χ2v) is 4.90. The largest absolute Gasteiger partial charge is 0.366 e. The predicted molar refractivity (Wildman–Crippen MR) is 77.5 cm³/mol. The number of fused-ring (bicyclic) bond motifs is 3. The first-order valence-electron chi connectivity index (χ1n) is 6.35. The predicted octanol–water partition coefficient (Wildman–Crippen LogP) is 3.15. The molecule has 0 atom stereocenters. The third-order valence-corrected chi connectivity index (χ3v) is 3.65. The van der Waals surface area contributed by atoms with Crippen molar-refractivity contribution in [3.8, 4) is 11.1 Å². The lowest BCUT2D eigenvalue weighted by Gasteiger charge is -2.05. The van der Waals surface area contributed by atoms with Crippen molar-refractivity contribution in [2.24, 2.45) is 5.73 Å². The van der Waals surface area contributed by atoms with Gasteiger partial charge in [-0.15, -0.1) is 0 Å². The lowest BCUT2D eigenvalue weighted by atomic mass is 9.99. The quantitative estimate of drug-likeness (QED) is 0.696. The molecule has 2 aromatic carbocycles. The minimum absolute atomic E-state index is 0.367. The molecular weight excluding hydrogens is 234 g/mol. The molecule has 2 heteroatoms. The van der Waals surface area contributed by atoms with Crippen LogP contribution in [0.2, 0.25) is 0 Å². The Hall–Kier alpha value is -2.35. The van der Waals surface area contributed by atoms with Gasteiger partial charge in [-0.2, -0.15) is 0 Å². The van der Waals surface area contributed by atoms with Crippen molar-refractivity contribution in [3.63, 3.8) is 0 Å². The molecule has 0 spiro atoms. The van der Waals surface area contributed by atoms with Gasteiger partial charge in [0.15, 0.2) is 0 Å². The summed E-state index contributed by atoms with van der Waals surface area (Å²) in [4.78, 5) is 11.2. The zero-order valence-electron chi connectivity index (χ0n) is 10.8. The first-order chi connectivity index (χ1) is 9.16. The van der Waals surface area contributed by atoms with Crippen molar-refractivity contribution in [1.29, 1.82) is 0 Å². The molecule has 0 bridgehead atoms. The van der Waals surface area contributed by atoms with Gasteiger partial charge in [-0.25, -0.2) is 0 Å². The molecule has 1 aliphatic carbocycles. The summed E-state index contributed by atoms with van der Waals surface area (Å²) in [6.07, 6.45) is 2.80. The third kappa shape index (κ3) is 1.95. The summed E-state index contributed by atoms with van der Waals surface area (Å²) < 4.78 is 0. The molecular formula is C17H15NO. The van der Waals surface area contributed by atoms with Gasteiger partial charge in [0.2, 0.25) is 5.91 Å². The molecule has 0 heterocycles. The molecule has 0 unspecified atom stereocenters. The van der Waals surface area contributed by atoms with Crippen molar-refractivity contribution >= 4 is 12.0 Å². The van der Waals surface area contributed by atoms with Crippen LogP contribution in [-0.2, 0) is 11.2 Å². The molecule has 19 heavy (non-hydrogen) atoms. The normalized spacial score (nSPS) is 13.0. The molecule has 0 saturated carbocycles. The minimum atomic E-state index is -0.367. The fourth-order valence-electron chi connectivity index (χ4n) is 2.62. The zero-order valence-corrected chi connectivity index (χ0v) is 10.8. The Morgan fingerprint density at radius 1 is 1.11 bits per heavy atom. The summed E-state index contributed by atoms with van der Waals surface area (Å²) in [5.41, 5.74) is 12.2. The number of hydrogen-bond donors (Lipinski definition) is 1. The SMILES string of the molecule is C/C(=C\c1cccc2c1Cc1ccccc1-2)C(N)=O. The van der Waals surface area contributed by atoms with Crippen LogP contribution in [0.5, 0.6) is 0 Å². The summed E-state index contributed by atoms with van der Waals surface area (Å²) in [7, 11) is 0. The lowest BCUT2D eigenvalue weighted by Crippen LogP contribution is -2.11. The third-order valence-electron chi connectivity index (χ3n) is 3.65. The Morgan fingerprint density at radius 3 is 2.63 bits per heavy atom. The van der Waals surface area contributed by atoms with Crippen LogP contribution in [0.4, 0.5) is 0 Å². The molecule has 1 amide bonds. The summed E-state index contributed by atoms with van der Waals surface area (Å²) in [6.45, 7) is 1.75. The second-order valence-electron chi connectivity index (χ2n) is 4.90. The first kappa shape index (κ1) is 11.7. The van der Waals surface area contributed by atoms with Gasteiger partial charge < -0.3 is 5.73 Å². The second kappa shape index (κ2) is 4.39. The Kier molecular flexibility index (Phi) is 2.71. The molecule has 2 N–H and O–H groups in total. The summed E-state index contributed by atoms with van der Waals surface area (Å²) in [5.74, 6) is -0.367. The molecule has 0 saturated heterocycles. The number of amides is 1. The zero-order chi connectivity index (χ0) is 13.4. The maximum absolute atomic E-state index is 11.2. The van der Waals surface area contributed by atoms with Gasteiger partial charge in [-0.05, 0) is 47.2 Å². The van der Waals surface area contributed by atoms with Crippen LogP contribution >= 0.6 is 0 Å².